The van der Waals surface area contributed by atoms with Crippen LogP contribution in [0.4, 0.5) is 0 Å². The number of hydrogen-bond acceptors (Lipinski definition) is 3. The summed E-state index contributed by atoms with van der Waals surface area (Å²) in [6.07, 6.45) is 5.04. The highest BCUT2D eigenvalue weighted by Gasteiger charge is 2.14. The van der Waals surface area contributed by atoms with E-state index in [1.54, 1.807) is 0 Å². The van der Waals surface area contributed by atoms with Crippen LogP contribution in [0.15, 0.2) is 18.2 Å². The third-order valence-electron chi connectivity index (χ3n) is 4.09. The number of hydrogen-bond donors (Lipinski definition) is 0. The first-order valence-corrected chi connectivity index (χ1v) is 8.30. The molecule has 1 fully saturated rings. The summed E-state index contributed by atoms with van der Waals surface area (Å²) in [5.74, 6) is 1.07. The van der Waals surface area contributed by atoms with Crippen molar-refractivity contribution in [3.8, 4) is 5.75 Å². The molecule has 1 saturated heterocycles. The summed E-state index contributed by atoms with van der Waals surface area (Å²) in [5.41, 5.74) is 2.80. The van der Waals surface area contributed by atoms with Gasteiger partial charge in [-0.3, -0.25) is 4.90 Å². The van der Waals surface area contributed by atoms with Crippen molar-refractivity contribution in [3.63, 3.8) is 0 Å². The maximum absolute atomic E-state index is 5.81. The third kappa shape index (κ3) is 5.33. The first kappa shape index (κ1) is 16.3. The number of rotatable bonds is 8. The minimum absolute atomic E-state index is 0.743. The van der Waals surface area contributed by atoms with Crippen LogP contribution in [-0.2, 0) is 13.0 Å². The van der Waals surface area contributed by atoms with Crippen molar-refractivity contribution >= 4 is 0 Å². The van der Waals surface area contributed by atoms with Gasteiger partial charge in [-0.2, -0.15) is 0 Å². The molecule has 118 valence electrons. The van der Waals surface area contributed by atoms with Gasteiger partial charge in [0.05, 0.1) is 6.61 Å². The molecule has 0 atom stereocenters. The molecule has 2 rings (SSSR count). The fraction of sp³-hybridized carbons (Fsp3) is 0.667. The normalized spacial score (nSPS) is 15.8. The Morgan fingerprint density at radius 3 is 2.62 bits per heavy atom. The maximum Gasteiger partial charge on any atom is 0.123 e. The summed E-state index contributed by atoms with van der Waals surface area (Å²) < 4.78 is 5.81. The summed E-state index contributed by atoms with van der Waals surface area (Å²) in [6.45, 7) is 7.45. The Hall–Kier alpha value is -1.06. The van der Waals surface area contributed by atoms with E-state index in [0.29, 0.717) is 0 Å². The van der Waals surface area contributed by atoms with Crippen LogP contribution in [0.25, 0.3) is 0 Å². The first-order chi connectivity index (χ1) is 10.2. The van der Waals surface area contributed by atoms with Crippen molar-refractivity contribution in [1.82, 2.24) is 9.80 Å². The van der Waals surface area contributed by atoms with Crippen LogP contribution >= 0.6 is 0 Å². The minimum Gasteiger partial charge on any atom is -0.494 e. The van der Waals surface area contributed by atoms with E-state index in [1.165, 1.54) is 43.5 Å². The molecule has 0 spiro atoms. The summed E-state index contributed by atoms with van der Waals surface area (Å²) in [4.78, 5) is 4.79. The summed E-state index contributed by atoms with van der Waals surface area (Å²) in [7, 11) is 4.27. The number of benzene rings is 1. The lowest BCUT2D eigenvalue weighted by molar-refractivity contribution is 0.304. The second kappa shape index (κ2) is 8.40. The van der Waals surface area contributed by atoms with E-state index >= 15 is 0 Å². The van der Waals surface area contributed by atoms with Crippen molar-refractivity contribution < 1.29 is 4.74 Å². The lowest BCUT2D eigenvalue weighted by Crippen LogP contribution is -2.19. The molecular formula is C18H30N2O. The summed E-state index contributed by atoms with van der Waals surface area (Å²) in [5, 5.41) is 0. The largest absolute Gasteiger partial charge is 0.494 e. The predicted molar refractivity (Wildman–Crippen MR) is 89.0 cm³/mol. The molecule has 1 aliphatic rings. The van der Waals surface area contributed by atoms with Gasteiger partial charge in [-0.1, -0.05) is 12.1 Å². The summed E-state index contributed by atoms with van der Waals surface area (Å²) in [6, 6.07) is 6.76. The van der Waals surface area contributed by atoms with Crippen LogP contribution in [0.2, 0.25) is 0 Å². The molecule has 1 aromatic carbocycles. The number of nitrogens with zero attached hydrogens (tertiary/aromatic N) is 2. The number of ether oxygens (including phenoxy) is 1. The second-order valence-electron chi connectivity index (χ2n) is 6.27. The zero-order valence-electron chi connectivity index (χ0n) is 13.9. The topological polar surface area (TPSA) is 15.7 Å². The van der Waals surface area contributed by atoms with Crippen molar-refractivity contribution in [1.29, 1.82) is 0 Å². The standard InChI is InChI=1S/C18H30N2O/c1-4-21-18-10-9-16(8-7-11-19(2)3)14-17(18)15-20-12-5-6-13-20/h9-10,14H,4-8,11-13,15H2,1-3H3. The SMILES string of the molecule is CCOc1ccc(CCCN(C)C)cc1CN1CCCC1. The average molecular weight is 290 g/mol. The average Bonchev–Trinajstić information content (AvgIpc) is 2.94. The lowest BCUT2D eigenvalue weighted by Gasteiger charge is -2.18. The minimum atomic E-state index is 0.743. The molecule has 0 amide bonds. The highest BCUT2D eigenvalue weighted by molar-refractivity contribution is 5.37. The second-order valence-corrected chi connectivity index (χ2v) is 6.27. The molecule has 0 N–H and O–H groups in total. The van der Waals surface area contributed by atoms with Crippen LogP contribution < -0.4 is 4.74 Å². The van der Waals surface area contributed by atoms with Gasteiger partial charge in [0.2, 0.25) is 0 Å². The van der Waals surface area contributed by atoms with Gasteiger partial charge < -0.3 is 9.64 Å². The van der Waals surface area contributed by atoms with Crippen molar-refractivity contribution in [2.24, 2.45) is 0 Å². The molecule has 0 bridgehead atoms. The molecule has 21 heavy (non-hydrogen) atoms. The van der Waals surface area contributed by atoms with Crippen molar-refractivity contribution in [2.45, 2.75) is 39.2 Å². The summed E-state index contributed by atoms with van der Waals surface area (Å²) >= 11 is 0. The van der Waals surface area contributed by atoms with E-state index in [0.717, 1.165) is 31.9 Å². The number of aryl methyl sites for hydroxylation is 1. The van der Waals surface area contributed by atoms with Crippen LogP contribution in [0.1, 0.15) is 37.3 Å². The van der Waals surface area contributed by atoms with Gasteiger partial charge >= 0.3 is 0 Å². The Kier molecular flexibility index (Phi) is 6.52. The molecule has 3 nitrogen and oxygen atoms in total. The third-order valence-corrected chi connectivity index (χ3v) is 4.09. The fourth-order valence-electron chi connectivity index (χ4n) is 2.99. The van der Waals surface area contributed by atoms with Gasteiger partial charge in [0.15, 0.2) is 0 Å². The van der Waals surface area contributed by atoms with E-state index in [1.807, 2.05) is 0 Å². The molecule has 0 aromatic heterocycles. The van der Waals surface area contributed by atoms with E-state index in [-0.39, 0.29) is 0 Å². The zero-order valence-corrected chi connectivity index (χ0v) is 13.9. The van der Waals surface area contributed by atoms with Crippen molar-refractivity contribution in [2.75, 3.05) is 40.3 Å². The van der Waals surface area contributed by atoms with Gasteiger partial charge in [-0.05, 0) is 78.0 Å². The Bertz CT molecular complexity index is 425. The Balaban J connectivity index is 2.02. The lowest BCUT2D eigenvalue weighted by atomic mass is 10.0. The maximum atomic E-state index is 5.81. The van der Waals surface area contributed by atoms with Gasteiger partial charge in [-0.25, -0.2) is 0 Å². The fourth-order valence-corrected chi connectivity index (χ4v) is 2.99. The van der Waals surface area contributed by atoms with E-state index in [9.17, 15) is 0 Å². The van der Waals surface area contributed by atoms with Crippen molar-refractivity contribution in [3.05, 3.63) is 29.3 Å². The van der Waals surface area contributed by atoms with Gasteiger partial charge in [0.25, 0.3) is 0 Å². The highest BCUT2D eigenvalue weighted by Crippen LogP contribution is 2.24. The number of likely N-dealkylation sites (tertiary alicyclic amines) is 1. The Labute approximate surface area is 129 Å². The van der Waals surface area contributed by atoms with Crippen LogP contribution in [0.5, 0.6) is 5.75 Å². The Morgan fingerprint density at radius 1 is 1.19 bits per heavy atom. The molecular weight excluding hydrogens is 260 g/mol. The Morgan fingerprint density at radius 2 is 1.95 bits per heavy atom. The predicted octanol–water partition coefficient (Wildman–Crippen LogP) is 3.18. The van der Waals surface area contributed by atoms with Crippen LogP contribution in [0, 0.1) is 0 Å². The molecule has 0 unspecified atom stereocenters. The zero-order chi connectivity index (χ0) is 15.1. The molecule has 1 aliphatic heterocycles. The quantitative estimate of drug-likeness (QED) is 0.731. The molecule has 0 saturated carbocycles. The van der Waals surface area contributed by atoms with Crippen LogP contribution in [0.3, 0.4) is 0 Å². The molecule has 0 aliphatic carbocycles. The molecule has 1 heterocycles. The smallest absolute Gasteiger partial charge is 0.123 e. The molecule has 0 radical (unpaired) electrons. The van der Waals surface area contributed by atoms with Gasteiger partial charge in [0.1, 0.15) is 5.75 Å². The molecule has 3 heteroatoms. The van der Waals surface area contributed by atoms with E-state index in [2.05, 4.69) is 49.0 Å². The van der Waals surface area contributed by atoms with Gasteiger partial charge in [0, 0.05) is 12.1 Å². The highest BCUT2D eigenvalue weighted by atomic mass is 16.5. The van der Waals surface area contributed by atoms with Crippen LogP contribution in [-0.4, -0.2) is 50.1 Å². The first-order valence-electron chi connectivity index (χ1n) is 8.30. The van der Waals surface area contributed by atoms with E-state index < -0.39 is 0 Å². The monoisotopic (exact) mass is 290 g/mol. The molecule has 1 aromatic rings. The van der Waals surface area contributed by atoms with Gasteiger partial charge in [-0.15, -0.1) is 0 Å². The van der Waals surface area contributed by atoms with E-state index in [4.69, 9.17) is 4.74 Å².